The number of nitrogens with zero attached hydrogens (tertiary/aromatic N) is 3. The van der Waals surface area contributed by atoms with E-state index in [4.69, 9.17) is 4.74 Å². The molecule has 1 amide bonds. The van der Waals surface area contributed by atoms with Gasteiger partial charge < -0.3 is 14.6 Å². The van der Waals surface area contributed by atoms with Crippen LogP contribution in [0.25, 0.3) is 21.9 Å². The van der Waals surface area contributed by atoms with Crippen LogP contribution in [0, 0.1) is 12.7 Å². The number of aryl methyl sites for hydroxylation is 1. The van der Waals surface area contributed by atoms with Gasteiger partial charge in [0.25, 0.3) is 5.56 Å². The van der Waals surface area contributed by atoms with E-state index in [0.29, 0.717) is 23.3 Å². The molecule has 0 unspecified atom stereocenters. The van der Waals surface area contributed by atoms with Gasteiger partial charge in [0.15, 0.2) is 0 Å². The van der Waals surface area contributed by atoms with Crippen molar-refractivity contribution in [2.75, 3.05) is 12.4 Å². The standard InChI is InChI=1S/C27H23FN4O3/c1-17-3-12-23-22(13-17)25-26(32(23)15-24(33)30-20-8-6-19(28)7-9-20)27(34)31(16-29-25)14-18-4-10-21(35-2)11-5-18/h3-13,16H,14-15H2,1-2H3,(H,30,33). The number of fused-ring (bicyclic) bond motifs is 3. The fourth-order valence-corrected chi connectivity index (χ4v) is 4.20. The maximum Gasteiger partial charge on any atom is 0.278 e. The highest BCUT2D eigenvalue weighted by Crippen LogP contribution is 2.27. The van der Waals surface area contributed by atoms with Crippen molar-refractivity contribution in [3.8, 4) is 5.75 Å². The van der Waals surface area contributed by atoms with E-state index in [1.165, 1.54) is 28.8 Å². The maximum atomic E-state index is 13.6. The van der Waals surface area contributed by atoms with Crippen LogP contribution < -0.4 is 15.6 Å². The van der Waals surface area contributed by atoms with Gasteiger partial charge in [0.1, 0.15) is 29.1 Å². The largest absolute Gasteiger partial charge is 0.497 e. The molecule has 2 heterocycles. The first-order valence-corrected chi connectivity index (χ1v) is 11.1. The van der Waals surface area contributed by atoms with Crippen LogP contribution in [0.1, 0.15) is 11.1 Å². The quantitative estimate of drug-likeness (QED) is 0.397. The van der Waals surface area contributed by atoms with Crippen molar-refractivity contribution in [3.63, 3.8) is 0 Å². The monoisotopic (exact) mass is 470 g/mol. The number of halogens is 1. The molecule has 1 N–H and O–H groups in total. The molecule has 0 saturated carbocycles. The van der Waals surface area contributed by atoms with Gasteiger partial charge in [-0.2, -0.15) is 0 Å². The molecule has 0 bridgehead atoms. The second-order valence-corrected chi connectivity index (χ2v) is 8.38. The summed E-state index contributed by atoms with van der Waals surface area (Å²) in [5.74, 6) is 0.0162. The number of methoxy groups -OCH3 is 1. The third-order valence-corrected chi connectivity index (χ3v) is 5.92. The Balaban J connectivity index is 1.57. The van der Waals surface area contributed by atoms with E-state index < -0.39 is 0 Å². The van der Waals surface area contributed by atoms with Gasteiger partial charge in [0, 0.05) is 11.1 Å². The van der Waals surface area contributed by atoms with Gasteiger partial charge in [-0.1, -0.05) is 23.8 Å². The lowest BCUT2D eigenvalue weighted by Gasteiger charge is -2.10. The molecular formula is C27H23FN4O3. The lowest BCUT2D eigenvalue weighted by atomic mass is 10.1. The molecule has 0 radical (unpaired) electrons. The summed E-state index contributed by atoms with van der Waals surface area (Å²) < 4.78 is 21.7. The van der Waals surface area contributed by atoms with Crippen molar-refractivity contribution in [2.24, 2.45) is 0 Å². The first kappa shape index (κ1) is 22.3. The molecule has 0 aliphatic heterocycles. The molecule has 35 heavy (non-hydrogen) atoms. The number of aromatic nitrogens is 3. The predicted molar refractivity (Wildman–Crippen MR) is 133 cm³/mol. The first-order chi connectivity index (χ1) is 16.9. The Morgan fingerprint density at radius 1 is 1.06 bits per heavy atom. The average Bonchev–Trinajstić information content (AvgIpc) is 3.15. The second-order valence-electron chi connectivity index (χ2n) is 8.38. The van der Waals surface area contributed by atoms with E-state index in [-0.39, 0.29) is 23.8 Å². The van der Waals surface area contributed by atoms with Gasteiger partial charge in [-0.05, 0) is 61.0 Å². The van der Waals surface area contributed by atoms with Crippen molar-refractivity contribution in [3.05, 3.63) is 100 Å². The normalized spacial score (nSPS) is 11.2. The van der Waals surface area contributed by atoms with Gasteiger partial charge in [0.05, 0.1) is 25.5 Å². The number of hydrogen-bond acceptors (Lipinski definition) is 4. The molecule has 3 aromatic carbocycles. The minimum Gasteiger partial charge on any atom is -0.497 e. The summed E-state index contributed by atoms with van der Waals surface area (Å²) in [6, 6.07) is 18.8. The Labute approximate surface area is 200 Å². The maximum absolute atomic E-state index is 13.6. The number of rotatable bonds is 6. The van der Waals surface area contributed by atoms with E-state index in [0.717, 1.165) is 27.8 Å². The molecule has 5 rings (SSSR count). The number of carbonyl (C=O) groups is 1. The van der Waals surface area contributed by atoms with E-state index in [1.54, 1.807) is 18.0 Å². The zero-order valence-corrected chi connectivity index (χ0v) is 19.3. The molecule has 0 fully saturated rings. The Bertz CT molecular complexity index is 1600. The van der Waals surface area contributed by atoms with Crippen LogP contribution in [0.5, 0.6) is 5.75 Å². The van der Waals surface area contributed by atoms with Crippen LogP contribution in [0.15, 0.2) is 77.9 Å². The third-order valence-electron chi connectivity index (χ3n) is 5.92. The SMILES string of the molecule is COc1ccc(Cn2cnc3c4cc(C)ccc4n(CC(=O)Nc4ccc(F)cc4)c3c2=O)cc1. The Morgan fingerprint density at radius 2 is 1.80 bits per heavy atom. The number of amides is 1. The highest BCUT2D eigenvalue weighted by Gasteiger charge is 2.19. The number of hydrogen-bond donors (Lipinski definition) is 1. The van der Waals surface area contributed by atoms with Crippen molar-refractivity contribution >= 4 is 33.5 Å². The molecular weight excluding hydrogens is 447 g/mol. The molecule has 0 aliphatic carbocycles. The lowest BCUT2D eigenvalue weighted by molar-refractivity contribution is -0.116. The summed E-state index contributed by atoms with van der Waals surface area (Å²) in [4.78, 5) is 31.1. The zero-order valence-electron chi connectivity index (χ0n) is 19.3. The van der Waals surface area contributed by atoms with Crippen molar-refractivity contribution < 1.29 is 13.9 Å². The number of ether oxygens (including phenoxy) is 1. The number of nitrogens with one attached hydrogen (secondary N) is 1. The van der Waals surface area contributed by atoms with E-state index in [9.17, 15) is 14.0 Å². The van der Waals surface area contributed by atoms with Crippen molar-refractivity contribution in [1.29, 1.82) is 0 Å². The van der Waals surface area contributed by atoms with Crippen LogP contribution >= 0.6 is 0 Å². The number of carbonyl (C=O) groups excluding carboxylic acids is 1. The minimum atomic E-state index is -0.385. The highest BCUT2D eigenvalue weighted by atomic mass is 19.1. The summed E-state index contributed by atoms with van der Waals surface area (Å²) >= 11 is 0. The number of benzene rings is 3. The molecule has 2 aromatic heterocycles. The summed E-state index contributed by atoms with van der Waals surface area (Å²) in [7, 11) is 1.60. The molecule has 0 atom stereocenters. The van der Waals surface area contributed by atoms with E-state index >= 15 is 0 Å². The van der Waals surface area contributed by atoms with Gasteiger partial charge >= 0.3 is 0 Å². The fraction of sp³-hybridized carbons (Fsp3) is 0.148. The van der Waals surface area contributed by atoms with Crippen LogP contribution in [0.3, 0.4) is 0 Å². The van der Waals surface area contributed by atoms with Crippen LogP contribution in [0.4, 0.5) is 10.1 Å². The van der Waals surface area contributed by atoms with Gasteiger partial charge in [-0.15, -0.1) is 0 Å². The Morgan fingerprint density at radius 3 is 2.51 bits per heavy atom. The topological polar surface area (TPSA) is 78.2 Å². The highest BCUT2D eigenvalue weighted by molar-refractivity contribution is 6.06. The van der Waals surface area contributed by atoms with Crippen LogP contribution in [-0.2, 0) is 17.9 Å². The molecule has 7 nitrogen and oxygen atoms in total. The summed E-state index contributed by atoms with van der Waals surface area (Å²) in [5.41, 5.74) is 3.83. The summed E-state index contributed by atoms with van der Waals surface area (Å²) in [6.07, 6.45) is 1.54. The first-order valence-electron chi connectivity index (χ1n) is 11.1. The molecule has 0 aliphatic rings. The Hall–Kier alpha value is -4.46. The van der Waals surface area contributed by atoms with Gasteiger partial charge in [-0.25, -0.2) is 9.37 Å². The lowest BCUT2D eigenvalue weighted by Crippen LogP contribution is -2.25. The molecule has 5 aromatic rings. The van der Waals surface area contributed by atoms with E-state index in [2.05, 4.69) is 10.3 Å². The molecule has 0 saturated heterocycles. The molecule has 0 spiro atoms. The second kappa shape index (κ2) is 9.06. The summed E-state index contributed by atoms with van der Waals surface area (Å²) in [6.45, 7) is 2.20. The van der Waals surface area contributed by atoms with Gasteiger partial charge in [0.2, 0.25) is 5.91 Å². The van der Waals surface area contributed by atoms with Crippen LogP contribution in [0.2, 0.25) is 0 Å². The molecule has 176 valence electrons. The minimum absolute atomic E-state index is 0.0933. The van der Waals surface area contributed by atoms with Gasteiger partial charge in [-0.3, -0.25) is 14.2 Å². The molecule has 8 heteroatoms. The zero-order chi connectivity index (χ0) is 24.5. The predicted octanol–water partition coefficient (Wildman–Crippen LogP) is 4.49. The van der Waals surface area contributed by atoms with Crippen molar-refractivity contribution in [1.82, 2.24) is 14.1 Å². The number of anilines is 1. The third kappa shape index (κ3) is 4.38. The van der Waals surface area contributed by atoms with Crippen LogP contribution in [-0.4, -0.2) is 27.1 Å². The van der Waals surface area contributed by atoms with Crippen molar-refractivity contribution in [2.45, 2.75) is 20.0 Å². The summed E-state index contributed by atoms with van der Waals surface area (Å²) in [5, 5.41) is 3.57. The fourth-order valence-electron chi connectivity index (χ4n) is 4.20. The average molecular weight is 471 g/mol. The Kier molecular flexibility index (Phi) is 5.78. The smallest absolute Gasteiger partial charge is 0.278 e. The van der Waals surface area contributed by atoms with E-state index in [1.807, 2.05) is 49.4 Å².